The van der Waals surface area contributed by atoms with Gasteiger partial charge >= 0.3 is 0 Å². The third-order valence-corrected chi connectivity index (χ3v) is 13.0. The van der Waals surface area contributed by atoms with Gasteiger partial charge in [0.15, 0.2) is 0 Å². The summed E-state index contributed by atoms with van der Waals surface area (Å²) in [5, 5.41) is 8.11. The molecule has 2 aliphatic carbocycles. The molecule has 0 radical (unpaired) electrons. The molecule has 0 fully saturated rings. The number of benzene rings is 8. The molecule has 0 N–H and O–H groups in total. The van der Waals surface area contributed by atoms with E-state index in [-0.39, 0.29) is 16.2 Å². The minimum atomic E-state index is -0.0647. The largest absolute Gasteiger partial charge is 0.0653 e. The normalized spacial score (nSPS) is 17.1. The van der Waals surface area contributed by atoms with Crippen LogP contribution in [-0.4, -0.2) is 0 Å². The van der Waals surface area contributed by atoms with Crippen molar-refractivity contribution in [1.29, 1.82) is 0 Å². The Kier molecular flexibility index (Phi) is 6.47. The Morgan fingerprint density at radius 2 is 0.981 bits per heavy atom. The van der Waals surface area contributed by atoms with E-state index in [1.54, 1.807) is 0 Å². The van der Waals surface area contributed by atoms with Crippen LogP contribution in [0, 0.1) is 0 Å². The lowest BCUT2D eigenvalue weighted by Crippen LogP contribution is -2.20. The van der Waals surface area contributed by atoms with Gasteiger partial charge in [-0.15, -0.1) is 0 Å². The van der Waals surface area contributed by atoms with E-state index in [9.17, 15) is 0 Å². The summed E-state index contributed by atoms with van der Waals surface area (Å²) in [6.07, 6.45) is 2.24. The van der Waals surface area contributed by atoms with E-state index in [0.717, 1.165) is 12.8 Å². The zero-order chi connectivity index (χ0) is 35.7. The third-order valence-electron chi connectivity index (χ3n) is 13.0. The summed E-state index contributed by atoms with van der Waals surface area (Å²) in [5.41, 5.74) is 18.0. The second-order valence-electron chi connectivity index (χ2n) is 17.5. The fourth-order valence-electron chi connectivity index (χ4n) is 10.1. The highest BCUT2D eigenvalue weighted by atomic mass is 14.4. The summed E-state index contributed by atoms with van der Waals surface area (Å²) in [5.74, 6) is 0. The molecule has 254 valence electrons. The molecule has 1 atom stereocenters. The average Bonchev–Trinajstić information content (AvgIpc) is 3.53. The van der Waals surface area contributed by atoms with Gasteiger partial charge in [0.25, 0.3) is 0 Å². The molecule has 10 rings (SSSR count). The number of hydrogen-bond acceptors (Lipinski definition) is 0. The van der Waals surface area contributed by atoms with Gasteiger partial charge in [-0.1, -0.05) is 164 Å². The molecule has 8 aromatic rings. The van der Waals surface area contributed by atoms with Crippen LogP contribution in [0.4, 0.5) is 0 Å². The summed E-state index contributed by atoms with van der Waals surface area (Å²) in [6, 6.07) is 49.6. The quantitative estimate of drug-likeness (QED) is 0.164. The van der Waals surface area contributed by atoms with Crippen molar-refractivity contribution >= 4 is 32.3 Å². The van der Waals surface area contributed by atoms with Crippen LogP contribution in [0.5, 0.6) is 0 Å². The van der Waals surface area contributed by atoms with Crippen molar-refractivity contribution in [2.24, 2.45) is 0 Å². The molecule has 0 nitrogen and oxygen atoms in total. The number of hydrogen-bond donors (Lipinski definition) is 0. The van der Waals surface area contributed by atoms with Crippen molar-refractivity contribution in [3.63, 3.8) is 0 Å². The molecule has 0 aromatic heterocycles. The predicted octanol–water partition coefficient (Wildman–Crippen LogP) is 14.6. The molecular weight excluding hydrogens is 625 g/mol. The van der Waals surface area contributed by atoms with Crippen molar-refractivity contribution in [3.05, 3.63) is 155 Å². The van der Waals surface area contributed by atoms with Gasteiger partial charge in [-0.05, 0) is 135 Å². The third kappa shape index (κ3) is 4.27. The molecule has 0 saturated carbocycles. The second-order valence-corrected chi connectivity index (χ2v) is 17.5. The monoisotopic (exact) mass is 670 g/mol. The Hall–Kier alpha value is -5.20. The fourth-order valence-corrected chi connectivity index (χ4v) is 10.1. The first-order chi connectivity index (χ1) is 25.0. The van der Waals surface area contributed by atoms with Crippen LogP contribution >= 0.6 is 0 Å². The van der Waals surface area contributed by atoms with Crippen LogP contribution < -0.4 is 0 Å². The lowest BCUT2D eigenvalue weighted by atomic mass is 9.75. The van der Waals surface area contributed by atoms with Gasteiger partial charge in [0.1, 0.15) is 0 Å². The van der Waals surface area contributed by atoms with Gasteiger partial charge in [0.2, 0.25) is 0 Å². The summed E-state index contributed by atoms with van der Waals surface area (Å²) in [7, 11) is 0. The Morgan fingerprint density at radius 3 is 1.65 bits per heavy atom. The maximum Gasteiger partial charge on any atom is 0.0187 e. The molecule has 1 unspecified atom stereocenters. The molecule has 8 aromatic carbocycles. The minimum absolute atomic E-state index is 0.0114. The highest BCUT2D eigenvalue weighted by Crippen LogP contribution is 2.54. The Bertz CT molecular complexity index is 2750. The molecule has 0 saturated heterocycles. The predicted molar refractivity (Wildman–Crippen MR) is 224 cm³/mol. The van der Waals surface area contributed by atoms with Gasteiger partial charge in [-0.3, -0.25) is 0 Å². The first kappa shape index (κ1) is 31.5. The van der Waals surface area contributed by atoms with Crippen LogP contribution in [0.25, 0.3) is 76.8 Å². The van der Waals surface area contributed by atoms with Gasteiger partial charge in [-0.2, -0.15) is 0 Å². The van der Waals surface area contributed by atoms with Crippen molar-refractivity contribution < 1.29 is 0 Å². The van der Waals surface area contributed by atoms with Crippen LogP contribution in [-0.2, 0) is 16.2 Å². The minimum Gasteiger partial charge on any atom is -0.0653 e. The van der Waals surface area contributed by atoms with Crippen LogP contribution in [0.2, 0.25) is 0 Å². The van der Waals surface area contributed by atoms with E-state index in [1.165, 1.54) is 105 Å². The van der Waals surface area contributed by atoms with Crippen molar-refractivity contribution in [3.8, 4) is 44.5 Å². The zero-order valence-electron chi connectivity index (χ0n) is 31.5. The second kappa shape index (κ2) is 10.7. The average molecular weight is 671 g/mol. The van der Waals surface area contributed by atoms with E-state index < -0.39 is 0 Å². The van der Waals surface area contributed by atoms with Gasteiger partial charge in [0.05, 0.1) is 0 Å². The van der Waals surface area contributed by atoms with Gasteiger partial charge in [-0.25, -0.2) is 0 Å². The Morgan fingerprint density at radius 1 is 0.462 bits per heavy atom. The Balaban J connectivity index is 1.09. The molecule has 0 heteroatoms. The smallest absolute Gasteiger partial charge is 0.0187 e. The van der Waals surface area contributed by atoms with Crippen LogP contribution in [0.3, 0.4) is 0 Å². The molecule has 2 aliphatic rings. The highest BCUT2D eigenvalue weighted by molar-refractivity contribution is 6.25. The first-order valence-electron chi connectivity index (χ1n) is 19.2. The Labute approximate surface area is 308 Å². The van der Waals surface area contributed by atoms with E-state index in [2.05, 4.69) is 176 Å². The summed E-state index contributed by atoms with van der Waals surface area (Å²) in [4.78, 5) is 0. The summed E-state index contributed by atoms with van der Waals surface area (Å²) >= 11 is 0. The fraction of sp³-hybridized carbons (Fsp3) is 0.231. The van der Waals surface area contributed by atoms with Crippen LogP contribution in [0.1, 0.15) is 89.1 Å². The first-order valence-corrected chi connectivity index (χ1v) is 19.2. The van der Waals surface area contributed by atoms with Crippen molar-refractivity contribution in [2.45, 2.75) is 77.6 Å². The molecule has 0 heterocycles. The molecule has 0 amide bonds. The lowest BCUT2D eigenvalue weighted by molar-refractivity contribution is 0.524. The summed E-state index contributed by atoms with van der Waals surface area (Å²) in [6.45, 7) is 16.5. The van der Waals surface area contributed by atoms with Gasteiger partial charge in [0, 0.05) is 10.8 Å². The van der Waals surface area contributed by atoms with Crippen molar-refractivity contribution in [2.75, 3.05) is 0 Å². The molecule has 0 spiro atoms. The van der Waals surface area contributed by atoms with Crippen molar-refractivity contribution in [1.82, 2.24) is 0 Å². The maximum atomic E-state index is 2.53. The van der Waals surface area contributed by atoms with E-state index in [0.29, 0.717) is 0 Å². The van der Waals surface area contributed by atoms with E-state index in [4.69, 9.17) is 0 Å². The topological polar surface area (TPSA) is 0 Å². The molecular formula is C52H46. The standard InChI is InChI=1S/C52H46/c1-8-25-52(7)46-29-33(32-16-21-40-39-11-9-10-12-44(39)51(5,6)45(40)28-32)17-22-41(46)42-23-18-34(30-47(42)52)38-20-15-31-13-14-35-26-37(50(2,3)4)27-36-19-24-43(38)49(31)48(35)36/h9-24,26-30H,8,25H2,1-7H3. The van der Waals surface area contributed by atoms with Gasteiger partial charge < -0.3 is 0 Å². The maximum absolute atomic E-state index is 2.53. The number of rotatable bonds is 4. The summed E-state index contributed by atoms with van der Waals surface area (Å²) < 4.78 is 0. The SMILES string of the molecule is CCCC1(C)c2cc(-c3ccc4c(c3)C(C)(C)c3ccccc3-4)ccc2-c2ccc(-c3ccc4ccc5cc(C(C)(C)C)cc6ccc3c4c56)cc21. The molecule has 52 heavy (non-hydrogen) atoms. The zero-order valence-corrected chi connectivity index (χ0v) is 31.5. The van der Waals surface area contributed by atoms with E-state index >= 15 is 0 Å². The molecule has 0 bridgehead atoms. The number of fused-ring (bicyclic) bond motifs is 6. The van der Waals surface area contributed by atoms with Crippen LogP contribution in [0.15, 0.2) is 127 Å². The molecule has 0 aliphatic heterocycles. The lowest BCUT2D eigenvalue weighted by Gasteiger charge is -2.28. The van der Waals surface area contributed by atoms with E-state index in [1.807, 2.05) is 0 Å². The highest BCUT2D eigenvalue weighted by Gasteiger charge is 2.40.